The van der Waals surface area contributed by atoms with Crippen LogP contribution in [0.1, 0.15) is 105 Å². The molecule has 4 radical (unpaired) electrons. The van der Waals surface area contributed by atoms with Crippen molar-refractivity contribution in [3.63, 3.8) is 0 Å². The Balaban J connectivity index is 0.000000773. The van der Waals surface area contributed by atoms with Crippen LogP contribution in [-0.2, 0) is 99.6 Å². The number of pyridine rings is 4. The summed E-state index contributed by atoms with van der Waals surface area (Å²) < 4.78 is 65.5. The number of methoxy groups -OCH3 is 12. The van der Waals surface area contributed by atoms with Crippen molar-refractivity contribution in [1.82, 2.24) is 19.9 Å². The maximum Gasteiger partial charge on any atom is 0.204 e. The van der Waals surface area contributed by atoms with E-state index in [1.807, 2.05) is 91.0 Å². The summed E-state index contributed by atoms with van der Waals surface area (Å²) in [5.74, 6) is 6.89. The van der Waals surface area contributed by atoms with Crippen molar-refractivity contribution in [2.24, 2.45) is 0 Å². The molecule has 0 saturated heterocycles. The number of hydrogen-bond donors (Lipinski definition) is 4. The van der Waals surface area contributed by atoms with Crippen LogP contribution in [0, 0.1) is 86.6 Å². The zero-order chi connectivity index (χ0) is 93.4. The van der Waals surface area contributed by atoms with E-state index in [0.29, 0.717) is 69.0 Å². The van der Waals surface area contributed by atoms with Crippen molar-refractivity contribution >= 4 is 66.7 Å². The van der Waals surface area contributed by atoms with Crippen molar-refractivity contribution in [2.45, 2.75) is 118 Å². The van der Waals surface area contributed by atoms with Gasteiger partial charge in [0.25, 0.3) is 0 Å². The molecular formula is C101H114Ir4N4O20-4. The molecule has 0 amide bonds. The van der Waals surface area contributed by atoms with Crippen LogP contribution in [0.3, 0.4) is 0 Å². The Labute approximate surface area is 811 Å². The number of rotatable bonds is 20. The van der Waals surface area contributed by atoms with E-state index in [4.69, 9.17) is 97.2 Å². The molecule has 0 fully saturated rings. The first-order valence-corrected chi connectivity index (χ1v) is 39.2. The minimum absolute atomic E-state index is 0. The van der Waals surface area contributed by atoms with E-state index in [-0.39, 0.29) is 127 Å². The molecule has 0 atom stereocenters. The standard InChI is InChI=1S/C21H22NO3.3C20H20NO3.4C5H8O2.4Ir/c1-12-9-14(3)16(10-13(12)2)17-8-7-15-18(22-17)11-19(23-4)21(25-6)20(15)24-5;1-12-6-7-14(10-13(12)2)16-9-8-15-17(21-16)11-18(22-3)20(24-5)19(15)23-4;1-12-6-7-14(13(2)10-12)16-9-8-15-17(21-16)11-18(22-3)20(24-5)19(15)23-4;1-12-7-6-8-14(13(12)2)16-10-9-15-17(21-16)11-18(22-3)20(24-5)19(15)23-4;4*1-4(6)3-5(2)7;;;;/h7-9,11H,1-6H3;2*6,8-11H,1-5H3;6-7,9-11H,1-5H3;4*3,6H,1-2H3;;;;/q4*-1;;;;;;;;. The number of aromatic nitrogens is 4. The minimum atomic E-state index is -0.125. The van der Waals surface area contributed by atoms with Crippen LogP contribution in [0.4, 0.5) is 0 Å². The van der Waals surface area contributed by atoms with E-state index in [1.165, 1.54) is 113 Å². The number of ether oxygens (including phenoxy) is 12. The maximum absolute atomic E-state index is 10.0. The predicted molar refractivity (Wildman–Crippen MR) is 494 cm³/mol. The van der Waals surface area contributed by atoms with Crippen molar-refractivity contribution in [2.75, 3.05) is 85.3 Å². The summed E-state index contributed by atoms with van der Waals surface area (Å²) in [6.45, 7) is 30.1. The third kappa shape index (κ3) is 32.6. The Kier molecular flexibility index (Phi) is 50.1. The molecule has 0 aliphatic rings. The van der Waals surface area contributed by atoms with Gasteiger partial charge in [-0.1, -0.05) is 111 Å². The number of aliphatic hydroxyl groups excluding tert-OH is 4. The monoisotopic (exact) mass is 2470 g/mol. The maximum atomic E-state index is 10.0. The number of fused-ring (bicyclic) bond motifs is 4. The molecule has 12 aromatic rings. The average Bonchev–Trinajstić information content (AvgIpc) is 0.789. The van der Waals surface area contributed by atoms with E-state index in [2.05, 4.69) is 111 Å². The Morgan fingerprint density at radius 1 is 0.295 bits per heavy atom. The molecule has 4 N–H and O–H groups in total. The summed E-state index contributed by atoms with van der Waals surface area (Å²) in [4.78, 5) is 59.2. The summed E-state index contributed by atoms with van der Waals surface area (Å²) >= 11 is 0. The second-order valence-corrected chi connectivity index (χ2v) is 28.5. The fourth-order valence-corrected chi connectivity index (χ4v) is 12.7. The fraction of sp³-hybridized carbons (Fsp3) is 0.287. The molecule has 8 aromatic carbocycles. The van der Waals surface area contributed by atoms with Gasteiger partial charge in [0.1, 0.15) is 0 Å². The zero-order valence-corrected chi connectivity index (χ0v) is 87.8. The smallest absolute Gasteiger partial charge is 0.204 e. The normalized spacial score (nSPS) is 10.6. The van der Waals surface area contributed by atoms with Crippen molar-refractivity contribution < 1.29 is 177 Å². The van der Waals surface area contributed by atoms with E-state index in [0.717, 1.165) is 105 Å². The molecule has 0 saturated carbocycles. The summed E-state index contributed by atoms with van der Waals surface area (Å²) in [6, 6.07) is 51.1. The molecule has 698 valence electrons. The predicted octanol–water partition coefficient (Wildman–Crippen LogP) is 21.8. The van der Waals surface area contributed by atoms with Crippen LogP contribution in [0.25, 0.3) is 88.6 Å². The van der Waals surface area contributed by atoms with Gasteiger partial charge in [0.2, 0.25) is 23.0 Å². The number of hydrogen-bond acceptors (Lipinski definition) is 24. The van der Waals surface area contributed by atoms with Crippen LogP contribution in [-0.4, -0.2) is 149 Å². The van der Waals surface area contributed by atoms with Gasteiger partial charge in [-0.05, 0) is 78.2 Å². The molecule has 0 bridgehead atoms. The van der Waals surface area contributed by atoms with Gasteiger partial charge in [-0.25, -0.2) is 0 Å². The first-order chi connectivity index (χ1) is 59.3. The summed E-state index contributed by atoms with van der Waals surface area (Å²) in [5, 5.41) is 37.0. The number of aliphatic hydroxyl groups is 4. The molecule has 0 aliphatic carbocycles. The Bertz CT molecular complexity index is 5860. The molecule has 4 aromatic heterocycles. The number of carbonyl (C=O) groups excluding carboxylic acids is 4. The third-order valence-electron chi connectivity index (χ3n) is 18.6. The SMILES string of the molecule is CC(=O)C=C(C)O.CC(=O)C=C(C)O.CC(=O)C=C(C)O.CC(=O)C=C(C)O.COc1cc2nc(-c3[c-]c(C)c(C)cc3C)ccc2c(OC)c1OC.COc1cc2nc(-c3[c-]cc(C)c(C)c3)ccc2c(OC)c1OC.COc1cc2nc(-c3[c-]cc(C)cc3C)ccc2c(OC)c1OC.COc1cc2nc(-c3[c-]ccc(C)c3C)ccc2c(OC)c1OC.[Ir].[Ir].[Ir].[Ir]. The molecule has 12 rings (SSSR count). The third-order valence-corrected chi connectivity index (χ3v) is 18.6. The van der Waals surface area contributed by atoms with Crippen molar-refractivity contribution in [3.8, 4) is 114 Å². The molecule has 0 aliphatic heterocycles. The van der Waals surface area contributed by atoms with Crippen LogP contribution in [0.2, 0.25) is 0 Å². The van der Waals surface area contributed by atoms with Gasteiger partial charge in [-0.3, -0.25) is 39.1 Å². The van der Waals surface area contributed by atoms with Crippen molar-refractivity contribution in [3.05, 3.63) is 237 Å². The van der Waals surface area contributed by atoms with Crippen LogP contribution >= 0.6 is 0 Å². The quantitative estimate of drug-likeness (QED) is 0.0313. The minimum Gasteiger partial charge on any atom is -0.512 e. The van der Waals surface area contributed by atoms with Gasteiger partial charge in [-0.2, -0.15) is 0 Å². The second kappa shape index (κ2) is 56.0. The van der Waals surface area contributed by atoms with Crippen LogP contribution < -0.4 is 56.8 Å². The van der Waals surface area contributed by atoms with E-state index < -0.39 is 0 Å². The fourth-order valence-electron chi connectivity index (χ4n) is 12.7. The molecular weight excluding hydrogens is 2360 g/mol. The number of allylic oxidation sites excluding steroid dienone is 8. The van der Waals surface area contributed by atoms with Crippen LogP contribution in [0.15, 0.2) is 163 Å². The molecule has 4 heterocycles. The zero-order valence-electron chi connectivity index (χ0n) is 78.2. The van der Waals surface area contributed by atoms with Crippen LogP contribution in [0.5, 0.6) is 69.0 Å². The molecule has 0 unspecified atom stereocenters. The van der Waals surface area contributed by atoms with E-state index in [9.17, 15) is 19.2 Å². The number of nitrogens with zero attached hydrogens (tertiary/aromatic N) is 4. The van der Waals surface area contributed by atoms with E-state index >= 15 is 0 Å². The number of ketones is 4. The van der Waals surface area contributed by atoms with Gasteiger partial charge in [-0.15, -0.1) is 139 Å². The second-order valence-electron chi connectivity index (χ2n) is 28.5. The van der Waals surface area contributed by atoms with Gasteiger partial charge < -0.3 is 77.3 Å². The van der Waals surface area contributed by atoms with Gasteiger partial charge in [0.05, 0.1) is 130 Å². The number of benzene rings is 8. The summed E-state index contributed by atoms with van der Waals surface area (Å²) in [7, 11) is 19.3. The van der Waals surface area contributed by atoms with Gasteiger partial charge in [0, 0.05) is 151 Å². The van der Waals surface area contributed by atoms with Gasteiger partial charge in [0.15, 0.2) is 69.1 Å². The average molecular weight is 2470 g/mol. The Hall–Kier alpha value is -11.6. The van der Waals surface area contributed by atoms with E-state index in [1.54, 1.807) is 85.3 Å². The Morgan fingerprint density at radius 2 is 0.597 bits per heavy atom. The molecule has 24 nitrogen and oxygen atoms in total. The summed E-state index contributed by atoms with van der Waals surface area (Å²) in [6.07, 6.45) is 4.67. The first-order valence-electron chi connectivity index (χ1n) is 39.2. The number of carbonyl (C=O) groups is 4. The molecule has 28 heteroatoms. The Morgan fingerprint density at radius 3 is 0.884 bits per heavy atom. The molecule has 129 heavy (non-hydrogen) atoms. The largest absolute Gasteiger partial charge is 0.512 e. The summed E-state index contributed by atoms with van der Waals surface area (Å²) in [5.41, 5.74) is 21.3. The van der Waals surface area contributed by atoms with Gasteiger partial charge >= 0.3 is 0 Å². The first kappa shape index (κ1) is 115. The van der Waals surface area contributed by atoms with Crippen molar-refractivity contribution in [1.29, 1.82) is 0 Å². The number of aryl methyl sites for hydroxylation is 8. The molecule has 0 spiro atoms. The topological polar surface area (TPSA) is 312 Å².